The Morgan fingerprint density at radius 2 is 1.96 bits per heavy atom. The van der Waals surface area contributed by atoms with Crippen LogP contribution in [0.3, 0.4) is 0 Å². The number of nitrogens with one attached hydrogen (secondary N) is 3. The highest BCUT2D eigenvalue weighted by Crippen LogP contribution is 2.17. The molecule has 0 saturated carbocycles. The van der Waals surface area contributed by atoms with Crippen molar-refractivity contribution in [3.8, 4) is 0 Å². The molecule has 140 valence electrons. The molecule has 5 heteroatoms. The molecule has 0 aliphatic carbocycles. The fourth-order valence-corrected chi connectivity index (χ4v) is 3.68. The number of aryl methyl sites for hydroxylation is 1. The summed E-state index contributed by atoms with van der Waals surface area (Å²) in [5, 5.41) is 10.7. The maximum Gasteiger partial charge on any atom is 0.123 e. The third kappa shape index (κ3) is 5.80. The molecule has 0 unspecified atom stereocenters. The number of aromatic nitrogens is 1. The standard InChI is InChI=1S/C21H31N5/c1-16-11-19(26-21(22)12-16)13-18-14-24-15-20(18)25-10-9-23-8-7-17-5-3-2-4-6-17/h2-6,11-12,18,20,23-25H,7-10,13-15H2,1H3,(H2,22,26)/t18-,20+/m0/s1. The fourth-order valence-electron chi connectivity index (χ4n) is 3.68. The van der Waals surface area contributed by atoms with Gasteiger partial charge in [-0.15, -0.1) is 0 Å². The predicted octanol–water partition coefficient (Wildman–Crippen LogP) is 1.52. The zero-order chi connectivity index (χ0) is 18.2. The number of pyridine rings is 1. The van der Waals surface area contributed by atoms with Gasteiger partial charge in [0.15, 0.2) is 0 Å². The van der Waals surface area contributed by atoms with Crippen LogP contribution < -0.4 is 21.7 Å². The van der Waals surface area contributed by atoms with Gasteiger partial charge in [0.2, 0.25) is 0 Å². The molecule has 0 radical (unpaired) electrons. The third-order valence-corrected chi connectivity index (χ3v) is 5.00. The molecular weight excluding hydrogens is 322 g/mol. The van der Waals surface area contributed by atoms with Crippen LogP contribution in [0.25, 0.3) is 0 Å². The van der Waals surface area contributed by atoms with Crippen LogP contribution >= 0.6 is 0 Å². The average molecular weight is 354 g/mol. The normalized spacial score (nSPS) is 19.7. The highest BCUT2D eigenvalue weighted by molar-refractivity contribution is 5.34. The smallest absolute Gasteiger partial charge is 0.123 e. The molecule has 1 aromatic carbocycles. The maximum atomic E-state index is 5.89. The van der Waals surface area contributed by atoms with E-state index in [4.69, 9.17) is 5.73 Å². The van der Waals surface area contributed by atoms with Gasteiger partial charge in [0.1, 0.15) is 5.82 Å². The van der Waals surface area contributed by atoms with Crippen LogP contribution in [0.2, 0.25) is 0 Å². The van der Waals surface area contributed by atoms with Crippen molar-refractivity contribution in [2.24, 2.45) is 5.92 Å². The van der Waals surface area contributed by atoms with Gasteiger partial charge in [0.25, 0.3) is 0 Å². The van der Waals surface area contributed by atoms with Gasteiger partial charge in [0.05, 0.1) is 0 Å². The van der Waals surface area contributed by atoms with Crippen molar-refractivity contribution in [3.63, 3.8) is 0 Å². The Labute approximate surface area is 156 Å². The van der Waals surface area contributed by atoms with Crippen LogP contribution in [0.15, 0.2) is 42.5 Å². The van der Waals surface area contributed by atoms with Crippen LogP contribution in [0.5, 0.6) is 0 Å². The molecule has 1 aliphatic heterocycles. The first-order valence-electron chi connectivity index (χ1n) is 9.62. The summed E-state index contributed by atoms with van der Waals surface area (Å²) in [6.45, 7) is 7.13. The van der Waals surface area contributed by atoms with Gasteiger partial charge in [-0.2, -0.15) is 0 Å². The summed E-state index contributed by atoms with van der Waals surface area (Å²) in [5.41, 5.74) is 9.56. The van der Waals surface area contributed by atoms with Gasteiger partial charge < -0.3 is 21.7 Å². The Bertz CT molecular complexity index is 653. The van der Waals surface area contributed by atoms with Gasteiger partial charge >= 0.3 is 0 Å². The fraction of sp³-hybridized carbons (Fsp3) is 0.476. The first-order valence-corrected chi connectivity index (χ1v) is 9.62. The molecule has 1 aromatic heterocycles. The zero-order valence-corrected chi connectivity index (χ0v) is 15.7. The highest BCUT2D eigenvalue weighted by atomic mass is 15.1. The van der Waals surface area contributed by atoms with Gasteiger partial charge in [-0.05, 0) is 62.0 Å². The van der Waals surface area contributed by atoms with E-state index in [9.17, 15) is 0 Å². The van der Waals surface area contributed by atoms with E-state index in [0.717, 1.165) is 51.3 Å². The summed E-state index contributed by atoms with van der Waals surface area (Å²) < 4.78 is 0. The Hall–Kier alpha value is -1.95. The lowest BCUT2D eigenvalue weighted by Crippen LogP contribution is -2.40. The molecule has 2 heterocycles. The predicted molar refractivity (Wildman–Crippen MR) is 108 cm³/mol. The van der Waals surface area contributed by atoms with Gasteiger partial charge in [0, 0.05) is 31.4 Å². The second-order valence-corrected chi connectivity index (χ2v) is 7.23. The maximum absolute atomic E-state index is 5.89. The van der Waals surface area contributed by atoms with E-state index in [1.165, 1.54) is 11.1 Å². The van der Waals surface area contributed by atoms with E-state index in [-0.39, 0.29) is 0 Å². The Morgan fingerprint density at radius 3 is 2.77 bits per heavy atom. The number of rotatable bonds is 9. The summed E-state index contributed by atoms with van der Waals surface area (Å²) >= 11 is 0. The lowest BCUT2D eigenvalue weighted by molar-refractivity contribution is 0.419. The number of anilines is 1. The van der Waals surface area contributed by atoms with Crippen molar-refractivity contribution in [2.45, 2.75) is 25.8 Å². The molecule has 0 amide bonds. The van der Waals surface area contributed by atoms with Crippen molar-refractivity contribution in [2.75, 3.05) is 38.5 Å². The van der Waals surface area contributed by atoms with Crippen LogP contribution in [-0.4, -0.2) is 43.7 Å². The number of nitrogens with zero attached hydrogens (tertiary/aromatic N) is 1. The molecule has 2 atom stereocenters. The molecule has 26 heavy (non-hydrogen) atoms. The van der Waals surface area contributed by atoms with E-state index in [1.54, 1.807) is 0 Å². The van der Waals surface area contributed by atoms with Crippen molar-refractivity contribution in [1.29, 1.82) is 0 Å². The number of benzene rings is 1. The monoisotopic (exact) mass is 353 g/mol. The van der Waals surface area contributed by atoms with Gasteiger partial charge in [-0.25, -0.2) is 4.98 Å². The Balaban J connectivity index is 1.36. The SMILES string of the molecule is Cc1cc(N)nc(C[C@H]2CNC[C@H]2NCCNCCc2ccccc2)c1. The molecule has 0 bridgehead atoms. The summed E-state index contributed by atoms with van der Waals surface area (Å²) in [4.78, 5) is 4.49. The van der Waals surface area contributed by atoms with E-state index in [0.29, 0.717) is 17.8 Å². The minimum Gasteiger partial charge on any atom is -0.384 e. The third-order valence-electron chi connectivity index (χ3n) is 5.00. The average Bonchev–Trinajstić information content (AvgIpc) is 3.05. The van der Waals surface area contributed by atoms with Crippen LogP contribution in [0.4, 0.5) is 5.82 Å². The molecular formula is C21H31N5. The summed E-state index contributed by atoms with van der Waals surface area (Å²) in [5.74, 6) is 1.19. The molecule has 3 rings (SSSR count). The van der Waals surface area contributed by atoms with E-state index >= 15 is 0 Å². The van der Waals surface area contributed by atoms with E-state index < -0.39 is 0 Å². The number of nitrogen functional groups attached to an aromatic ring is 1. The number of hydrogen-bond donors (Lipinski definition) is 4. The molecule has 1 saturated heterocycles. The minimum atomic E-state index is 0.495. The van der Waals surface area contributed by atoms with Crippen molar-refractivity contribution in [3.05, 3.63) is 59.3 Å². The molecule has 1 aliphatic rings. The quantitative estimate of drug-likeness (QED) is 0.515. The van der Waals surface area contributed by atoms with E-state index in [2.05, 4.69) is 64.3 Å². The van der Waals surface area contributed by atoms with Gasteiger partial charge in [-0.1, -0.05) is 30.3 Å². The lowest BCUT2D eigenvalue weighted by atomic mass is 9.97. The van der Waals surface area contributed by atoms with Crippen molar-refractivity contribution < 1.29 is 0 Å². The highest BCUT2D eigenvalue weighted by Gasteiger charge is 2.26. The molecule has 0 spiro atoms. The Kier molecular flexibility index (Phi) is 7.00. The topological polar surface area (TPSA) is 75.0 Å². The largest absolute Gasteiger partial charge is 0.384 e. The zero-order valence-electron chi connectivity index (χ0n) is 15.7. The van der Waals surface area contributed by atoms with Crippen LogP contribution in [0.1, 0.15) is 16.8 Å². The molecule has 2 aromatic rings. The minimum absolute atomic E-state index is 0.495. The second kappa shape index (κ2) is 9.67. The van der Waals surface area contributed by atoms with Crippen LogP contribution in [-0.2, 0) is 12.8 Å². The Morgan fingerprint density at radius 1 is 1.12 bits per heavy atom. The lowest BCUT2D eigenvalue weighted by Gasteiger charge is -2.20. The first-order chi connectivity index (χ1) is 12.7. The summed E-state index contributed by atoms with van der Waals surface area (Å²) in [6.07, 6.45) is 2.05. The van der Waals surface area contributed by atoms with Crippen molar-refractivity contribution in [1.82, 2.24) is 20.9 Å². The van der Waals surface area contributed by atoms with E-state index in [1.807, 2.05) is 6.07 Å². The first kappa shape index (κ1) is 18.8. The van der Waals surface area contributed by atoms with Crippen LogP contribution in [0, 0.1) is 12.8 Å². The molecule has 5 N–H and O–H groups in total. The summed E-state index contributed by atoms with van der Waals surface area (Å²) in [7, 11) is 0. The van der Waals surface area contributed by atoms with Gasteiger partial charge in [-0.3, -0.25) is 0 Å². The summed E-state index contributed by atoms with van der Waals surface area (Å²) in [6, 6.07) is 15.2. The van der Waals surface area contributed by atoms with Crippen molar-refractivity contribution >= 4 is 5.82 Å². The molecule has 5 nitrogen and oxygen atoms in total. The molecule has 1 fully saturated rings. The number of hydrogen-bond acceptors (Lipinski definition) is 5. The number of nitrogens with two attached hydrogens (primary N) is 1. The second-order valence-electron chi connectivity index (χ2n) is 7.23.